The Bertz CT molecular complexity index is 1550. The number of nitrogens with one attached hydrogen (secondary N) is 2. The minimum atomic E-state index is -0.106. The van der Waals surface area contributed by atoms with Gasteiger partial charge >= 0.3 is 0 Å². The zero-order valence-corrected chi connectivity index (χ0v) is 20.1. The number of hydrogen-bond donors (Lipinski definition) is 2. The summed E-state index contributed by atoms with van der Waals surface area (Å²) in [5.41, 5.74) is 5.67. The lowest BCUT2D eigenvalue weighted by molar-refractivity contribution is 0.202. The van der Waals surface area contributed by atoms with Crippen molar-refractivity contribution in [3.8, 4) is 22.8 Å². The zero-order valence-electron chi connectivity index (χ0n) is 20.1. The summed E-state index contributed by atoms with van der Waals surface area (Å²) < 4.78 is 0. The largest absolute Gasteiger partial charge is 0.328 e. The van der Waals surface area contributed by atoms with E-state index in [1.807, 2.05) is 37.3 Å². The van der Waals surface area contributed by atoms with Crippen LogP contribution in [0.1, 0.15) is 35.7 Å². The lowest BCUT2D eigenvalue weighted by Crippen LogP contribution is -2.32. The Morgan fingerprint density at radius 2 is 1.86 bits per heavy atom. The van der Waals surface area contributed by atoms with Gasteiger partial charge in [-0.1, -0.05) is 30.3 Å². The third kappa shape index (κ3) is 4.43. The first kappa shape index (κ1) is 22.3. The summed E-state index contributed by atoms with van der Waals surface area (Å²) in [6.45, 7) is 4.94. The third-order valence-corrected chi connectivity index (χ3v) is 6.94. The van der Waals surface area contributed by atoms with Crippen molar-refractivity contribution in [2.45, 2.75) is 32.2 Å². The van der Waals surface area contributed by atoms with Crippen LogP contribution in [0.15, 0.2) is 71.8 Å². The molecule has 5 heterocycles. The summed E-state index contributed by atoms with van der Waals surface area (Å²) in [6, 6.07) is 18.2. The van der Waals surface area contributed by atoms with E-state index in [9.17, 15) is 4.79 Å². The predicted molar refractivity (Wildman–Crippen MR) is 139 cm³/mol. The molecule has 0 radical (unpaired) electrons. The molecule has 8 nitrogen and oxygen atoms in total. The van der Waals surface area contributed by atoms with Gasteiger partial charge in [-0.25, -0.2) is 9.97 Å². The van der Waals surface area contributed by atoms with E-state index in [0.29, 0.717) is 16.8 Å². The highest BCUT2D eigenvalue weighted by molar-refractivity contribution is 5.82. The molecular weight excluding hydrogens is 450 g/mol. The van der Waals surface area contributed by atoms with Crippen LogP contribution in [0.4, 0.5) is 0 Å². The fraction of sp³-hybridized carbons (Fsp3) is 0.250. The van der Waals surface area contributed by atoms with Gasteiger partial charge in [-0.15, -0.1) is 0 Å². The number of likely N-dealkylation sites (tertiary alicyclic amines) is 1. The first-order valence-electron chi connectivity index (χ1n) is 12.3. The molecule has 5 aromatic rings. The molecule has 8 heteroatoms. The minimum Gasteiger partial charge on any atom is -0.328 e. The van der Waals surface area contributed by atoms with E-state index >= 15 is 0 Å². The van der Waals surface area contributed by atoms with Crippen molar-refractivity contribution in [1.82, 2.24) is 35.0 Å². The number of pyridine rings is 3. The van der Waals surface area contributed by atoms with E-state index in [-0.39, 0.29) is 5.56 Å². The van der Waals surface area contributed by atoms with Crippen molar-refractivity contribution >= 4 is 10.9 Å². The molecule has 0 aliphatic carbocycles. The molecule has 0 bridgehead atoms. The quantitative estimate of drug-likeness (QED) is 0.387. The maximum atomic E-state index is 12.1. The van der Waals surface area contributed by atoms with Gasteiger partial charge < -0.3 is 4.98 Å². The number of hydrogen-bond acceptors (Lipinski definition) is 6. The third-order valence-electron chi connectivity index (χ3n) is 6.94. The number of fused-ring (bicyclic) bond motifs is 1. The van der Waals surface area contributed by atoms with Crippen molar-refractivity contribution in [1.29, 1.82) is 0 Å². The molecule has 180 valence electrons. The first-order valence-corrected chi connectivity index (χ1v) is 12.3. The highest BCUT2D eigenvalue weighted by Crippen LogP contribution is 2.28. The van der Waals surface area contributed by atoms with Crippen molar-refractivity contribution in [2.75, 3.05) is 13.1 Å². The molecule has 1 aliphatic rings. The summed E-state index contributed by atoms with van der Waals surface area (Å²) in [5.74, 6) is 1.99. The van der Waals surface area contributed by atoms with Gasteiger partial charge in [0.1, 0.15) is 5.69 Å². The SMILES string of the molecule is Cc1cc2c(=O)[nH]ccc2nc1-c1ccc(CN2CCC(c3n[nH]c(-c4ccccn4)n3)CC2)cc1. The smallest absolute Gasteiger partial charge is 0.257 e. The first-order chi connectivity index (χ1) is 17.6. The average Bonchev–Trinajstić information content (AvgIpc) is 3.41. The van der Waals surface area contributed by atoms with Crippen LogP contribution in [-0.2, 0) is 6.54 Å². The van der Waals surface area contributed by atoms with Crippen molar-refractivity contribution in [3.63, 3.8) is 0 Å². The Labute approximate surface area is 208 Å². The second kappa shape index (κ2) is 9.47. The van der Waals surface area contributed by atoms with Crippen LogP contribution < -0.4 is 5.56 Å². The molecule has 36 heavy (non-hydrogen) atoms. The number of aryl methyl sites for hydroxylation is 1. The Kier molecular flexibility index (Phi) is 5.87. The Hall–Kier alpha value is -4.17. The molecule has 6 rings (SSSR count). The number of aromatic amines is 2. The van der Waals surface area contributed by atoms with E-state index < -0.39 is 0 Å². The van der Waals surface area contributed by atoms with Crippen LogP contribution in [0, 0.1) is 6.92 Å². The normalized spacial score (nSPS) is 14.9. The lowest BCUT2D eigenvalue weighted by Gasteiger charge is -2.30. The fourth-order valence-corrected chi connectivity index (χ4v) is 4.95. The molecule has 0 amide bonds. The summed E-state index contributed by atoms with van der Waals surface area (Å²) in [7, 11) is 0. The highest BCUT2D eigenvalue weighted by atomic mass is 16.1. The zero-order chi connectivity index (χ0) is 24.5. The van der Waals surface area contributed by atoms with Gasteiger partial charge in [0.25, 0.3) is 5.56 Å². The van der Waals surface area contributed by atoms with E-state index in [1.54, 1.807) is 12.4 Å². The summed E-state index contributed by atoms with van der Waals surface area (Å²) in [4.78, 5) is 31.1. The van der Waals surface area contributed by atoms with Crippen LogP contribution in [-0.4, -0.2) is 48.1 Å². The lowest BCUT2D eigenvalue weighted by atomic mass is 9.95. The number of rotatable bonds is 5. The van der Waals surface area contributed by atoms with Crippen molar-refractivity contribution < 1.29 is 0 Å². The predicted octanol–water partition coefficient (Wildman–Crippen LogP) is 4.46. The number of piperidine rings is 1. The van der Waals surface area contributed by atoms with Gasteiger partial charge in [0.2, 0.25) is 0 Å². The molecule has 1 saturated heterocycles. The molecule has 4 aromatic heterocycles. The molecule has 0 unspecified atom stereocenters. The Morgan fingerprint density at radius 3 is 2.64 bits per heavy atom. The van der Waals surface area contributed by atoms with Crippen LogP contribution in [0.3, 0.4) is 0 Å². The monoisotopic (exact) mass is 477 g/mol. The fourth-order valence-electron chi connectivity index (χ4n) is 4.95. The van der Waals surface area contributed by atoms with Crippen LogP contribution >= 0.6 is 0 Å². The van der Waals surface area contributed by atoms with Crippen LogP contribution in [0.2, 0.25) is 0 Å². The Morgan fingerprint density at radius 1 is 1.03 bits per heavy atom. The van der Waals surface area contributed by atoms with Crippen molar-refractivity contribution in [3.05, 3.63) is 94.3 Å². The van der Waals surface area contributed by atoms with Gasteiger partial charge in [0, 0.05) is 30.4 Å². The molecule has 1 fully saturated rings. The summed E-state index contributed by atoms with van der Waals surface area (Å²) in [5, 5.41) is 8.14. The molecule has 1 aromatic carbocycles. The van der Waals surface area contributed by atoms with Gasteiger partial charge in [-0.2, -0.15) is 5.10 Å². The number of nitrogens with zero attached hydrogens (tertiary/aromatic N) is 5. The highest BCUT2D eigenvalue weighted by Gasteiger charge is 2.24. The molecular formula is C28H27N7O. The van der Waals surface area contributed by atoms with E-state index in [4.69, 9.17) is 9.97 Å². The molecule has 0 atom stereocenters. The summed E-state index contributed by atoms with van der Waals surface area (Å²) >= 11 is 0. The van der Waals surface area contributed by atoms with Gasteiger partial charge in [-0.05, 0) is 68.2 Å². The van der Waals surface area contributed by atoms with Crippen LogP contribution in [0.5, 0.6) is 0 Å². The van der Waals surface area contributed by atoms with E-state index in [1.165, 1.54) is 5.56 Å². The Balaban J connectivity index is 1.10. The van der Waals surface area contributed by atoms with Crippen LogP contribution in [0.25, 0.3) is 33.7 Å². The molecule has 0 saturated carbocycles. The maximum absolute atomic E-state index is 12.1. The molecule has 0 spiro atoms. The second-order valence-corrected chi connectivity index (χ2v) is 9.40. The van der Waals surface area contributed by atoms with E-state index in [2.05, 4.69) is 49.3 Å². The average molecular weight is 478 g/mol. The standard InChI is InChI=1S/C28H27N7O/c1-18-16-22-23(9-13-30-28(22)36)31-25(18)20-7-5-19(6-8-20)17-35-14-10-21(11-15-35)26-32-27(34-33-26)24-4-2-3-12-29-24/h2-9,12-13,16,21H,10-11,14-15,17H2,1H3,(H,30,36)(H,32,33,34). The van der Waals surface area contributed by atoms with Crippen molar-refractivity contribution in [2.24, 2.45) is 0 Å². The van der Waals surface area contributed by atoms with E-state index in [0.717, 1.165) is 66.6 Å². The minimum absolute atomic E-state index is 0.106. The topological polar surface area (TPSA) is 103 Å². The van der Waals surface area contributed by atoms with Gasteiger partial charge in [0.15, 0.2) is 11.6 Å². The maximum Gasteiger partial charge on any atom is 0.257 e. The molecule has 1 aliphatic heterocycles. The number of benzene rings is 1. The van der Waals surface area contributed by atoms with Gasteiger partial charge in [0.05, 0.1) is 16.6 Å². The number of H-pyrrole nitrogens is 2. The second-order valence-electron chi connectivity index (χ2n) is 9.40. The number of aromatic nitrogens is 6. The molecule has 2 N–H and O–H groups in total. The summed E-state index contributed by atoms with van der Waals surface area (Å²) in [6.07, 6.45) is 5.49. The van der Waals surface area contributed by atoms with Gasteiger partial charge in [-0.3, -0.25) is 19.8 Å².